The van der Waals surface area contributed by atoms with Crippen LogP contribution in [0.3, 0.4) is 0 Å². The van der Waals surface area contributed by atoms with Crippen LogP contribution in [-0.2, 0) is 20.9 Å². The highest BCUT2D eigenvalue weighted by molar-refractivity contribution is 6.30. The molecule has 8 nitrogen and oxygen atoms in total. The Kier molecular flexibility index (Phi) is 4.61. The van der Waals surface area contributed by atoms with Crippen LogP contribution in [0.2, 0.25) is 5.02 Å². The Hall–Kier alpha value is -2.48. The normalized spacial score (nSPS) is 10.1. The fraction of sp³-hybridized carbons (Fsp3) is 0.182. The van der Waals surface area contributed by atoms with Crippen molar-refractivity contribution in [3.05, 3.63) is 35.6 Å². The summed E-state index contributed by atoms with van der Waals surface area (Å²) in [6.45, 7) is -0.551. The summed E-state index contributed by atoms with van der Waals surface area (Å²) in [5, 5.41) is 13.3. The molecule has 2 aromatic rings. The maximum absolute atomic E-state index is 11.6. The third-order valence-electron chi connectivity index (χ3n) is 2.16. The van der Waals surface area contributed by atoms with Gasteiger partial charge in [-0.2, -0.15) is 0 Å². The lowest BCUT2D eigenvalue weighted by atomic mass is 10.3. The number of anilines is 1. The summed E-state index contributed by atoms with van der Waals surface area (Å²) in [6.07, 6.45) is 1.27. The summed E-state index contributed by atoms with van der Waals surface area (Å²) >= 11 is 5.78. The Bertz CT molecular complexity index is 602. The molecule has 1 heterocycles. The van der Waals surface area contributed by atoms with Crippen molar-refractivity contribution in [1.29, 1.82) is 0 Å². The molecule has 0 spiro atoms. The van der Waals surface area contributed by atoms with Crippen molar-refractivity contribution < 1.29 is 14.3 Å². The molecule has 0 aliphatic rings. The molecule has 0 bridgehead atoms. The van der Waals surface area contributed by atoms with Gasteiger partial charge >= 0.3 is 5.97 Å². The largest absolute Gasteiger partial charge is 0.454 e. The second-order valence-corrected chi connectivity index (χ2v) is 4.16. The third kappa shape index (κ3) is 4.32. The standard InChI is InChI=1S/C11H10ClN5O3/c12-8-2-1-3-9(4-8)14-10(18)6-20-11(19)5-17-7-13-15-16-17/h1-4,7H,5-6H2,(H,14,18). The van der Waals surface area contributed by atoms with E-state index in [9.17, 15) is 9.59 Å². The molecule has 2 rings (SSSR count). The SMILES string of the molecule is O=C(COC(=O)Cn1cnnn1)Nc1cccc(Cl)c1. The quantitative estimate of drug-likeness (QED) is 0.807. The lowest BCUT2D eigenvalue weighted by Crippen LogP contribution is -2.23. The number of tetrazole rings is 1. The summed E-state index contributed by atoms with van der Waals surface area (Å²) in [7, 11) is 0. The van der Waals surface area contributed by atoms with Crippen molar-refractivity contribution in [2.24, 2.45) is 0 Å². The van der Waals surface area contributed by atoms with Gasteiger partial charge in [0.25, 0.3) is 5.91 Å². The smallest absolute Gasteiger partial charge is 0.328 e. The fourth-order valence-corrected chi connectivity index (χ4v) is 1.53. The second kappa shape index (κ2) is 6.62. The van der Waals surface area contributed by atoms with E-state index in [0.717, 1.165) is 0 Å². The van der Waals surface area contributed by atoms with Gasteiger partial charge in [0.15, 0.2) is 6.61 Å². The van der Waals surface area contributed by atoms with E-state index in [1.165, 1.54) is 11.0 Å². The summed E-state index contributed by atoms with van der Waals surface area (Å²) in [5.41, 5.74) is 0.527. The van der Waals surface area contributed by atoms with Crippen LogP contribution in [-0.4, -0.2) is 38.7 Å². The Balaban J connectivity index is 1.76. The molecule has 1 aromatic heterocycles. The average Bonchev–Trinajstić information content (AvgIpc) is 2.89. The number of rotatable bonds is 5. The molecule has 1 aromatic carbocycles. The maximum atomic E-state index is 11.6. The van der Waals surface area contributed by atoms with E-state index in [1.807, 2.05) is 0 Å². The van der Waals surface area contributed by atoms with Crippen LogP contribution in [0.25, 0.3) is 0 Å². The number of amides is 1. The van der Waals surface area contributed by atoms with E-state index in [0.29, 0.717) is 10.7 Å². The molecule has 0 unspecified atom stereocenters. The van der Waals surface area contributed by atoms with Crippen molar-refractivity contribution in [2.75, 3.05) is 11.9 Å². The number of nitrogens with zero attached hydrogens (tertiary/aromatic N) is 4. The third-order valence-corrected chi connectivity index (χ3v) is 2.39. The van der Waals surface area contributed by atoms with Crippen LogP contribution in [0.1, 0.15) is 0 Å². The first kappa shape index (κ1) is 13.9. The van der Waals surface area contributed by atoms with Crippen LogP contribution in [0, 0.1) is 0 Å². The highest BCUT2D eigenvalue weighted by Crippen LogP contribution is 2.14. The molecule has 9 heteroatoms. The maximum Gasteiger partial charge on any atom is 0.328 e. The van der Waals surface area contributed by atoms with Crippen LogP contribution in [0.15, 0.2) is 30.6 Å². The van der Waals surface area contributed by atoms with Gasteiger partial charge in [-0.1, -0.05) is 17.7 Å². The summed E-state index contributed by atoms with van der Waals surface area (Å²) < 4.78 is 5.97. The van der Waals surface area contributed by atoms with Gasteiger partial charge in [0.2, 0.25) is 0 Å². The molecule has 0 atom stereocenters. The summed E-state index contributed by atoms with van der Waals surface area (Å²) in [4.78, 5) is 22.9. The lowest BCUT2D eigenvalue weighted by molar-refractivity contribution is -0.148. The van der Waals surface area contributed by atoms with Crippen LogP contribution >= 0.6 is 11.6 Å². The number of nitrogens with one attached hydrogen (secondary N) is 1. The van der Waals surface area contributed by atoms with Gasteiger partial charge in [-0.25, -0.2) is 4.68 Å². The number of hydrogen-bond acceptors (Lipinski definition) is 6. The first-order chi connectivity index (χ1) is 9.63. The number of benzene rings is 1. The zero-order valence-corrected chi connectivity index (χ0v) is 10.9. The van der Waals surface area contributed by atoms with Gasteiger partial charge < -0.3 is 10.1 Å². The highest BCUT2D eigenvalue weighted by Gasteiger charge is 2.09. The van der Waals surface area contributed by atoms with E-state index < -0.39 is 18.5 Å². The van der Waals surface area contributed by atoms with Crippen molar-refractivity contribution in [2.45, 2.75) is 6.54 Å². The zero-order chi connectivity index (χ0) is 14.4. The van der Waals surface area contributed by atoms with E-state index in [4.69, 9.17) is 16.3 Å². The molecule has 0 saturated heterocycles. The first-order valence-corrected chi connectivity index (χ1v) is 5.93. The van der Waals surface area contributed by atoms with Crippen LogP contribution in [0.5, 0.6) is 0 Å². The van der Waals surface area contributed by atoms with Gasteiger partial charge in [0.1, 0.15) is 12.9 Å². The zero-order valence-electron chi connectivity index (χ0n) is 10.2. The number of halogens is 1. The van der Waals surface area contributed by atoms with E-state index in [2.05, 4.69) is 20.8 Å². The van der Waals surface area contributed by atoms with Crippen molar-refractivity contribution in [3.8, 4) is 0 Å². The number of carbonyl (C=O) groups excluding carboxylic acids is 2. The van der Waals surface area contributed by atoms with Gasteiger partial charge in [-0.15, -0.1) is 5.10 Å². The number of hydrogen-bond donors (Lipinski definition) is 1. The number of aromatic nitrogens is 4. The molecule has 0 saturated carbocycles. The minimum Gasteiger partial charge on any atom is -0.454 e. The van der Waals surface area contributed by atoms with E-state index in [-0.39, 0.29) is 6.54 Å². The lowest BCUT2D eigenvalue weighted by Gasteiger charge is -2.06. The monoisotopic (exact) mass is 295 g/mol. The molecule has 20 heavy (non-hydrogen) atoms. The molecule has 0 radical (unpaired) electrons. The Labute approximate surface area is 118 Å². The predicted molar refractivity (Wildman–Crippen MR) is 68.9 cm³/mol. The Morgan fingerprint density at radius 1 is 1.40 bits per heavy atom. The van der Waals surface area contributed by atoms with Gasteiger partial charge in [0.05, 0.1) is 0 Å². The number of carbonyl (C=O) groups is 2. The first-order valence-electron chi connectivity index (χ1n) is 5.55. The molecule has 0 fully saturated rings. The Morgan fingerprint density at radius 3 is 2.95 bits per heavy atom. The van der Waals surface area contributed by atoms with Crippen molar-refractivity contribution in [3.63, 3.8) is 0 Å². The second-order valence-electron chi connectivity index (χ2n) is 3.73. The topological polar surface area (TPSA) is 99.0 Å². The van der Waals surface area contributed by atoms with E-state index in [1.54, 1.807) is 24.3 Å². The molecule has 0 aliphatic heterocycles. The molecule has 0 aliphatic carbocycles. The summed E-state index contributed by atoms with van der Waals surface area (Å²) in [6, 6.07) is 6.64. The molecular weight excluding hydrogens is 286 g/mol. The van der Waals surface area contributed by atoms with Crippen molar-refractivity contribution >= 4 is 29.2 Å². The van der Waals surface area contributed by atoms with Gasteiger partial charge in [0, 0.05) is 10.7 Å². The van der Waals surface area contributed by atoms with Crippen LogP contribution < -0.4 is 5.32 Å². The van der Waals surface area contributed by atoms with Gasteiger partial charge in [-0.3, -0.25) is 9.59 Å². The van der Waals surface area contributed by atoms with Gasteiger partial charge in [-0.05, 0) is 28.6 Å². The Morgan fingerprint density at radius 2 is 2.25 bits per heavy atom. The number of ether oxygens (including phenoxy) is 1. The molecule has 1 amide bonds. The van der Waals surface area contributed by atoms with E-state index >= 15 is 0 Å². The average molecular weight is 296 g/mol. The molecule has 104 valence electrons. The van der Waals surface area contributed by atoms with Crippen LogP contribution in [0.4, 0.5) is 5.69 Å². The summed E-state index contributed by atoms with van der Waals surface area (Å²) in [5.74, 6) is -1.07. The van der Waals surface area contributed by atoms with Crippen molar-refractivity contribution in [1.82, 2.24) is 20.2 Å². The predicted octanol–water partition coefficient (Wildman–Crippen LogP) is 0.508. The number of esters is 1. The highest BCUT2D eigenvalue weighted by atomic mass is 35.5. The minimum atomic E-state index is -0.612. The minimum absolute atomic E-state index is 0.155. The molecule has 1 N–H and O–H groups in total. The molecular formula is C11H10ClN5O3. The fourth-order valence-electron chi connectivity index (χ4n) is 1.34.